The first-order chi connectivity index (χ1) is 7.61. The summed E-state index contributed by atoms with van der Waals surface area (Å²) >= 11 is 0. The predicted molar refractivity (Wildman–Crippen MR) is 64.3 cm³/mol. The summed E-state index contributed by atoms with van der Waals surface area (Å²) in [6.07, 6.45) is 2.69. The van der Waals surface area contributed by atoms with Gasteiger partial charge in [0.2, 0.25) is 5.91 Å². The molecule has 4 heteroatoms. The van der Waals surface area contributed by atoms with Gasteiger partial charge in [-0.15, -0.1) is 0 Å². The number of carbonyl (C=O) groups excluding carboxylic acids is 1. The quantitative estimate of drug-likeness (QED) is 0.739. The molecule has 1 rings (SSSR count). The van der Waals surface area contributed by atoms with Crippen molar-refractivity contribution in [2.75, 3.05) is 13.2 Å². The van der Waals surface area contributed by atoms with Crippen LogP contribution in [-0.4, -0.2) is 37.2 Å². The maximum atomic E-state index is 11.7. The summed E-state index contributed by atoms with van der Waals surface area (Å²) in [6, 6.07) is 0.548. The molecule has 0 aromatic rings. The van der Waals surface area contributed by atoms with E-state index in [0.29, 0.717) is 12.5 Å². The highest BCUT2D eigenvalue weighted by Gasteiger charge is 2.21. The molecule has 0 radical (unpaired) electrons. The molecule has 1 fully saturated rings. The highest BCUT2D eigenvalue weighted by atomic mass is 16.5. The molecule has 0 saturated carbocycles. The standard InChI is InChI=1S/C12H24N2O2/c1-4-13-9(2)7-12(15)14-11-5-6-16-10(3)8-11/h9-11,13H,4-8H2,1-3H3,(H,14,15). The molecule has 94 valence electrons. The molecule has 0 aromatic carbocycles. The van der Waals surface area contributed by atoms with E-state index in [2.05, 4.69) is 24.5 Å². The lowest BCUT2D eigenvalue weighted by Crippen LogP contribution is -2.43. The van der Waals surface area contributed by atoms with Gasteiger partial charge in [-0.1, -0.05) is 6.92 Å². The minimum absolute atomic E-state index is 0.146. The largest absolute Gasteiger partial charge is 0.378 e. The zero-order chi connectivity index (χ0) is 12.0. The maximum absolute atomic E-state index is 11.7. The van der Waals surface area contributed by atoms with Gasteiger partial charge in [0.1, 0.15) is 0 Å². The first-order valence-corrected chi connectivity index (χ1v) is 6.26. The molecule has 0 aromatic heterocycles. The molecule has 1 saturated heterocycles. The van der Waals surface area contributed by atoms with Gasteiger partial charge in [-0.25, -0.2) is 0 Å². The van der Waals surface area contributed by atoms with Crippen LogP contribution in [0, 0.1) is 0 Å². The van der Waals surface area contributed by atoms with Crippen molar-refractivity contribution in [3.8, 4) is 0 Å². The van der Waals surface area contributed by atoms with E-state index in [9.17, 15) is 4.79 Å². The molecule has 1 heterocycles. The number of rotatable bonds is 5. The third kappa shape index (κ3) is 4.94. The molecule has 3 atom stereocenters. The van der Waals surface area contributed by atoms with Crippen molar-refractivity contribution in [3.63, 3.8) is 0 Å². The van der Waals surface area contributed by atoms with E-state index < -0.39 is 0 Å². The van der Waals surface area contributed by atoms with Crippen molar-refractivity contribution in [3.05, 3.63) is 0 Å². The van der Waals surface area contributed by atoms with Crippen LogP contribution in [0.5, 0.6) is 0 Å². The van der Waals surface area contributed by atoms with E-state index >= 15 is 0 Å². The molecular formula is C12H24N2O2. The van der Waals surface area contributed by atoms with Gasteiger partial charge in [-0.3, -0.25) is 4.79 Å². The van der Waals surface area contributed by atoms with Crippen molar-refractivity contribution in [2.24, 2.45) is 0 Å². The molecule has 0 aliphatic carbocycles. The van der Waals surface area contributed by atoms with Crippen LogP contribution < -0.4 is 10.6 Å². The molecule has 1 aliphatic heterocycles. The van der Waals surface area contributed by atoms with Gasteiger partial charge < -0.3 is 15.4 Å². The molecule has 0 spiro atoms. The third-order valence-corrected chi connectivity index (χ3v) is 2.89. The van der Waals surface area contributed by atoms with Crippen molar-refractivity contribution >= 4 is 5.91 Å². The number of hydrogen-bond acceptors (Lipinski definition) is 3. The minimum Gasteiger partial charge on any atom is -0.378 e. The average molecular weight is 228 g/mol. The molecule has 16 heavy (non-hydrogen) atoms. The fourth-order valence-corrected chi connectivity index (χ4v) is 2.11. The van der Waals surface area contributed by atoms with Crippen LogP contribution in [-0.2, 0) is 9.53 Å². The Kier molecular flexibility index (Phi) is 5.77. The normalized spacial score (nSPS) is 27.4. The van der Waals surface area contributed by atoms with E-state index in [1.54, 1.807) is 0 Å². The SMILES string of the molecule is CCNC(C)CC(=O)NC1CCOC(C)C1. The van der Waals surface area contributed by atoms with Crippen LogP contribution in [0.15, 0.2) is 0 Å². The Bertz CT molecular complexity index is 221. The highest BCUT2D eigenvalue weighted by molar-refractivity contribution is 5.76. The zero-order valence-corrected chi connectivity index (χ0v) is 10.6. The van der Waals surface area contributed by atoms with E-state index in [-0.39, 0.29) is 18.1 Å². The average Bonchev–Trinajstić information content (AvgIpc) is 2.17. The first-order valence-electron chi connectivity index (χ1n) is 6.26. The second-order valence-corrected chi connectivity index (χ2v) is 4.63. The molecule has 3 unspecified atom stereocenters. The van der Waals surface area contributed by atoms with Gasteiger partial charge in [0.05, 0.1) is 6.10 Å². The van der Waals surface area contributed by atoms with Gasteiger partial charge in [-0.05, 0) is 33.2 Å². The predicted octanol–water partition coefficient (Wildman–Crippen LogP) is 1.06. The van der Waals surface area contributed by atoms with Gasteiger partial charge in [-0.2, -0.15) is 0 Å². The Balaban J connectivity index is 2.22. The number of hydrogen-bond donors (Lipinski definition) is 2. The summed E-state index contributed by atoms with van der Waals surface area (Å²) in [7, 11) is 0. The molecule has 2 N–H and O–H groups in total. The Morgan fingerprint density at radius 1 is 1.56 bits per heavy atom. The minimum atomic E-state index is 0.146. The summed E-state index contributed by atoms with van der Waals surface area (Å²) in [5.41, 5.74) is 0. The summed E-state index contributed by atoms with van der Waals surface area (Å²) in [5.74, 6) is 0.146. The number of carbonyl (C=O) groups is 1. The monoisotopic (exact) mass is 228 g/mol. The Hall–Kier alpha value is -0.610. The van der Waals surface area contributed by atoms with Crippen LogP contribution in [0.1, 0.15) is 40.0 Å². The second-order valence-electron chi connectivity index (χ2n) is 4.63. The van der Waals surface area contributed by atoms with Crippen LogP contribution in [0.2, 0.25) is 0 Å². The van der Waals surface area contributed by atoms with Gasteiger partial charge in [0.15, 0.2) is 0 Å². The van der Waals surface area contributed by atoms with Crippen LogP contribution in [0.25, 0.3) is 0 Å². The van der Waals surface area contributed by atoms with Gasteiger partial charge >= 0.3 is 0 Å². The van der Waals surface area contributed by atoms with Crippen LogP contribution in [0.4, 0.5) is 0 Å². The summed E-state index contributed by atoms with van der Waals surface area (Å²) < 4.78 is 5.45. The number of ether oxygens (including phenoxy) is 1. The third-order valence-electron chi connectivity index (χ3n) is 2.89. The molecule has 0 bridgehead atoms. The smallest absolute Gasteiger partial charge is 0.221 e. The van der Waals surface area contributed by atoms with E-state index in [4.69, 9.17) is 4.74 Å². The number of amides is 1. The summed E-state index contributed by atoms with van der Waals surface area (Å²) in [6.45, 7) is 7.81. The topological polar surface area (TPSA) is 50.4 Å². The molecule has 4 nitrogen and oxygen atoms in total. The van der Waals surface area contributed by atoms with E-state index in [1.165, 1.54) is 0 Å². The molecule has 1 aliphatic rings. The number of nitrogens with one attached hydrogen (secondary N) is 2. The van der Waals surface area contributed by atoms with Gasteiger partial charge in [0, 0.05) is 25.1 Å². The second kappa shape index (κ2) is 6.86. The molecule has 1 amide bonds. The lowest BCUT2D eigenvalue weighted by molar-refractivity contribution is -0.123. The zero-order valence-electron chi connectivity index (χ0n) is 10.6. The van der Waals surface area contributed by atoms with Gasteiger partial charge in [0.25, 0.3) is 0 Å². The highest BCUT2D eigenvalue weighted by Crippen LogP contribution is 2.13. The fraction of sp³-hybridized carbons (Fsp3) is 0.917. The van der Waals surface area contributed by atoms with Crippen molar-refractivity contribution < 1.29 is 9.53 Å². The lowest BCUT2D eigenvalue weighted by Gasteiger charge is -2.28. The lowest BCUT2D eigenvalue weighted by atomic mass is 10.0. The Morgan fingerprint density at radius 3 is 2.94 bits per heavy atom. The Labute approximate surface area is 98.1 Å². The van der Waals surface area contributed by atoms with E-state index in [1.807, 2.05) is 6.92 Å². The molecular weight excluding hydrogens is 204 g/mol. The first kappa shape index (κ1) is 13.5. The fourth-order valence-electron chi connectivity index (χ4n) is 2.11. The van der Waals surface area contributed by atoms with Crippen molar-refractivity contribution in [1.29, 1.82) is 0 Å². The van der Waals surface area contributed by atoms with Crippen molar-refractivity contribution in [1.82, 2.24) is 10.6 Å². The van der Waals surface area contributed by atoms with E-state index in [0.717, 1.165) is 26.0 Å². The van der Waals surface area contributed by atoms with Crippen LogP contribution in [0.3, 0.4) is 0 Å². The Morgan fingerprint density at radius 2 is 2.31 bits per heavy atom. The summed E-state index contributed by atoms with van der Waals surface area (Å²) in [4.78, 5) is 11.7. The van der Waals surface area contributed by atoms with Crippen LogP contribution >= 0.6 is 0 Å². The maximum Gasteiger partial charge on any atom is 0.221 e. The summed E-state index contributed by atoms with van der Waals surface area (Å²) in [5, 5.41) is 6.32. The van der Waals surface area contributed by atoms with Crippen molar-refractivity contribution in [2.45, 2.75) is 58.2 Å².